The van der Waals surface area contributed by atoms with Crippen LogP contribution in [0.15, 0.2) is 78.4 Å². The second-order valence-corrected chi connectivity index (χ2v) is 8.72. The number of nitrogens with zero attached hydrogens (tertiary/aromatic N) is 2. The highest BCUT2D eigenvalue weighted by Crippen LogP contribution is 2.42. The number of non-ortho nitro benzene ring substituents is 1. The second-order valence-electron chi connectivity index (χ2n) is 8.72. The van der Waals surface area contributed by atoms with Crippen LogP contribution in [-0.2, 0) is 22.6 Å². The van der Waals surface area contributed by atoms with Crippen molar-refractivity contribution < 1.29 is 24.4 Å². The van der Waals surface area contributed by atoms with Crippen molar-refractivity contribution in [3.8, 4) is 5.75 Å². The highest BCUT2D eigenvalue weighted by Gasteiger charge is 2.46. The molecule has 2 atom stereocenters. The molecular formula is C27H22N2O6. The predicted molar refractivity (Wildman–Crippen MR) is 128 cm³/mol. The topological polar surface area (TPSA) is 110 Å². The maximum Gasteiger partial charge on any atom is 0.295 e. The average molecular weight is 470 g/mol. The molecule has 1 fully saturated rings. The van der Waals surface area contributed by atoms with Crippen molar-refractivity contribution in [1.29, 1.82) is 0 Å². The highest BCUT2D eigenvalue weighted by molar-refractivity contribution is 6.46. The summed E-state index contributed by atoms with van der Waals surface area (Å²) in [5.74, 6) is -1.21. The standard InChI is InChI=1S/C27H22N2O6/c1-16-12-20-13-19(10-11-22(20)35-16)25(30)23-24(18-8-5-9-21(14-18)29(33)34)28(27(32)26(23)31)15-17-6-3-2-4-7-17/h2-11,13-14,16,24,30H,12,15H2,1H3/b25-23+/t16-,24+/m0/s1. The van der Waals surface area contributed by atoms with Gasteiger partial charge in [-0.2, -0.15) is 0 Å². The SMILES string of the molecule is C[C@H]1Cc2cc(/C(O)=C3\C(=O)C(=O)N(Cc4ccccc4)[C@@H]3c3cccc([N+](=O)[O-])c3)ccc2O1. The van der Waals surface area contributed by atoms with E-state index in [2.05, 4.69) is 0 Å². The zero-order valence-corrected chi connectivity index (χ0v) is 18.9. The fourth-order valence-electron chi connectivity index (χ4n) is 4.70. The number of hydrogen-bond acceptors (Lipinski definition) is 6. The quantitative estimate of drug-likeness (QED) is 0.193. The van der Waals surface area contributed by atoms with Crippen LogP contribution >= 0.6 is 0 Å². The number of amides is 1. The van der Waals surface area contributed by atoms with E-state index in [9.17, 15) is 24.8 Å². The molecule has 5 rings (SSSR count). The third-order valence-corrected chi connectivity index (χ3v) is 6.30. The second kappa shape index (κ2) is 8.72. The number of benzene rings is 3. The first kappa shape index (κ1) is 22.3. The smallest absolute Gasteiger partial charge is 0.295 e. The van der Waals surface area contributed by atoms with E-state index >= 15 is 0 Å². The Balaban J connectivity index is 1.65. The van der Waals surface area contributed by atoms with Crippen LogP contribution in [0.3, 0.4) is 0 Å². The molecule has 35 heavy (non-hydrogen) atoms. The number of carbonyl (C=O) groups is 2. The molecule has 1 saturated heterocycles. The molecule has 0 radical (unpaired) electrons. The molecule has 0 spiro atoms. The van der Waals surface area contributed by atoms with E-state index in [1.54, 1.807) is 24.3 Å². The highest BCUT2D eigenvalue weighted by atomic mass is 16.6. The first-order chi connectivity index (χ1) is 16.8. The third kappa shape index (κ3) is 4.03. The summed E-state index contributed by atoms with van der Waals surface area (Å²) in [6, 6.07) is 19.1. The van der Waals surface area contributed by atoms with Crippen molar-refractivity contribution in [1.82, 2.24) is 4.90 Å². The van der Waals surface area contributed by atoms with Crippen LogP contribution in [0.1, 0.15) is 35.2 Å². The van der Waals surface area contributed by atoms with Gasteiger partial charge in [-0.15, -0.1) is 0 Å². The molecule has 8 nitrogen and oxygen atoms in total. The van der Waals surface area contributed by atoms with E-state index in [1.165, 1.54) is 23.1 Å². The molecule has 0 bridgehead atoms. The predicted octanol–water partition coefficient (Wildman–Crippen LogP) is 4.54. The van der Waals surface area contributed by atoms with Crippen LogP contribution in [0.2, 0.25) is 0 Å². The van der Waals surface area contributed by atoms with Gasteiger partial charge < -0.3 is 14.7 Å². The van der Waals surface area contributed by atoms with Gasteiger partial charge in [-0.25, -0.2) is 0 Å². The van der Waals surface area contributed by atoms with Gasteiger partial charge in [0.15, 0.2) is 0 Å². The zero-order chi connectivity index (χ0) is 24.7. The summed E-state index contributed by atoms with van der Waals surface area (Å²) < 4.78 is 5.72. The van der Waals surface area contributed by atoms with Gasteiger partial charge in [-0.1, -0.05) is 42.5 Å². The van der Waals surface area contributed by atoms with Gasteiger partial charge in [0.1, 0.15) is 17.6 Å². The molecule has 2 aliphatic rings. The summed E-state index contributed by atoms with van der Waals surface area (Å²) in [5, 5.41) is 22.7. The van der Waals surface area contributed by atoms with Crippen molar-refractivity contribution in [2.45, 2.75) is 32.0 Å². The van der Waals surface area contributed by atoms with E-state index in [1.807, 2.05) is 37.3 Å². The van der Waals surface area contributed by atoms with Gasteiger partial charge in [-0.05, 0) is 41.8 Å². The Hall–Kier alpha value is -4.46. The van der Waals surface area contributed by atoms with Gasteiger partial charge in [-0.3, -0.25) is 19.7 Å². The number of aliphatic hydroxyl groups is 1. The van der Waals surface area contributed by atoms with Gasteiger partial charge in [0, 0.05) is 30.7 Å². The van der Waals surface area contributed by atoms with Crippen molar-refractivity contribution in [3.05, 3.63) is 111 Å². The van der Waals surface area contributed by atoms with Gasteiger partial charge in [0.2, 0.25) is 0 Å². The number of nitro benzene ring substituents is 1. The minimum atomic E-state index is -0.987. The van der Waals surface area contributed by atoms with Crippen molar-refractivity contribution in [2.75, 3.05) is 0 Å². The molecular weight excluding hydrogens is 448 g/mol. The maximum atomic E-state index is 13.2. The monoisotopic (exact) mass is 470 g/mol. The summed E-state index contributed by atoms with van der Waals surface area (Å²) in [4.78, 5) is 38.6. The number of likely N-dealkylation sites (tertiary alicyclic amines) is 1. The Bertz CT molecular complexity index is 1380. The zero-order valence-electron chi connectivity index (χ0n) is 18.9. The number of ketones is 1. The molecule has 3 aromatic rings. The van der Waals surface area contributed by atoms with E-state index in [0.717, 1.165) is 11.1 Å². The summed E-state index contributed by atoms with van der Waals surface area (Å²) in [5.41, 5.74) is 2.17. The lowest BCUT2D eigenvalue weighted by atomic mass is 9.94. The minimum absolute atomic E-state index is 0.00344. The Morgan fingerprint density at radius 3 is 2.60 bits per heavy atom. The molecule has 0 saturated carbocycles. The molecule has 2 aliphatic heterocycles. The van der Waals surface area contributed by atoms with Crippen molar-refractivity contribution in [3.63, 3.8) is 0 Å². The molecule has 2 heterocycles. The fourth-order valence-corrected chi connectivity index (χ4v) is 4.70. The van der Waals surface area contributed by atoms with E-state index in [0.29, 0.717) is 23.3 Å². The Morgan fingerprint density at radius 1 is 1.09 bits per heavy atom. The summed E-state index contributed by atoms with van der Waals surface area (Å²) in [6.45, 7) is 2.04. The third-order valence-electron chi connectivity index (χ3n) is 6.30. The molecule has 0 unspecified atom stereocenters. The molecule has 0 aliphatic carbocycles. The Kier molecular flexibility index (Phi) is 5.56. The van der Waals surface area contributed by atoms with Gasteiger partial charge >= 0.3 is 0 Å². The number of ether oxygens (including phenoxy) is 1. The molecule has 1 N–H and O–H groups in total. The normalized spacial score (nSPS) is 20.5. The number of nitro groups is 1. The van der Waals surface area contributed by atoms with Crippen molar-refractivity contribution in [2.24, 2.45) is 0 Å². The summed E-state index contributed by atoms with van der Waals surface area (Å²) in [7, 11) is 0. The molecule has 1 amide bonds. The average Bonchev–Trinajstić information content (AvgIpc) is 3.35. The number of hydrogen-bond donors (Lipinski definition) is 1. The van der Waals surface area contributed by atoms with Crippen LogP contribution in [0, 0.1) is 10.1 Å². The number of aliphatic hydroxyl groups excluding tert-OH is 1. The first-order valence-corrected chi connectivity index (χ1v) is 11.2. The minimum Gasteiger partial charge on any atom is -0.507 e. The number of fused-ring (bicyclic) bond motifs is 1. The van der Waals surface area contributed by atoms with Gasteiger partial charge in [0.25, 0.3) is 17.4 Å². The molecule has 3 aromatic carbocycles. The maximum absolute atomic E-state index is 13.2. The van der Waals surface area contributed by atoms with E-state index < -0.39 is 22.7 Å². The Morgan fingerprint density at radius 2 is 1.86 bits per heavy atom. The number of Topliss-reactive ketones (excluding diaryl/α,β-unsaturated/α-hetero) is 1. The summed E-state index contributed by atoms with van der Waals surface area (Å²) in [6.07, 6.45) is 0.663. The van der Waals surface area contributed by atoms with Crippen LogP contribution < -0.4 is 4.74 Å². The van der Waals surface area contributed by atoms with Crippen LogP contribution in [0.4, 0.5) is 5.69 Å². The lowest BCUT2D eigenvalue weighted by Gasteiger charge is -2.25. The van der Waals surface area contributed by atoms with Gasteiger partial charge in [0.05, 0.1) is 16.5 Å². The molecule has 8 heteroatoms. The van der Waals surface area contributed by atoms with Crippen molar-refractivity contribution >= 4 is 23.1 Å². The van der Waals surface area contributed by atoms with E-state index in [4.69, 9.17) is 4.74 Å². The van der Waals surface area contributed by atoms with Crippen LogP contribution in [0.25, 0.3) is 5.76 Å². The fraction of sp³-hybridized carbons (Fsp3) is 0.185. The lowest BCUT2D eigenvalue weighted by Crippen LogP contribution is -2.29. The first-order valence-electron chi connectivity index (χ1n) is 11.2. The summed E-state index contributed by atoms with van der Waals surface area (Å²) >= 11 is 0. The lowest BCUT2D eigenvalue weighted by molar-refractivity contribution is -0.384. The van der Waals surface area contributed by atoms with E-state index in [-0.39, 0.29) is 29.7 Å². The molecule has 0 aromatic heterocycles. The Labute approximate surface area is 201 Å². The number of rotatable bonds is 5. The molecule has 176 valence electrons. The largest absolute Gasteiger partial charge is 0.507 e. The number of carbonyl (C=O) groups excluding carboxylic acids is 2. The van der Waals surface area contributed by atoms with Crippen LogP contribution in [-0.4, -0.2) is 32.7 Å². The van der Waals surface area contributed by atoms with Crippen LogP contribution in [0.5, 0.6) is 5.75 Å².